The Bertz CT molecular complexity index is 871. The summed E-state index contributed by atoms with van der Waals surface area (Å²) in [6, 6.07) is 4.21. The Morgan fingerprint density at radius 2 is 2.04 bits per heavy atom. The molecule has 1 heterocycles. The lowest BCUT2D eigenvalue weighted by Gasteiger charge is -2.10. The second kappa shape index (κ2) is 8.41. The van der Waals surface area contributed by atoms with Crippen molar-refractivity contribution in [2.45, 2.75) is 37.1 Å². The van der Waals surface area contributed by atoms with Crippen molar-refractivity contribution in [3.8, 4) is 0 Å². The molecule has 0 unspecified atom stereocenters. The van der Waals surface area contributed by atoms with Crippen LogP contribution in [0.2, 0.25) is 10.0 Å². The van der Waals surface area contributed by atoms with Gasteiger partial charge in [-0.2, -0.15) is 0 Å². The molecular weight excluding hydrogens is 407 g/mol. The van der Waals surface area contributed by atoms with Crippen molar-refractivity contribution < 1.29 is 13.2 Å². The Labute approximate surface area is 159 Å². The predicted molar refractivity (Wildman–Crippen MR) is 99.0 cm³/mol. The van der Waals surface area contributed by atoms with Crippen LogP contribution in [0.3, 0.4) is 0 Å². The van der Waals surface area contributed by atoms with E-state index in [-0.39, 0.29) is 26.1 Å². The summed E-state index contributed by atoms with van der Waals surface area (Å²) in [7, 11) is -3.77. The highest BCUT2D eigenvalue weighted by Crippen LogP contribution is 2.24. The van der Waals surface area contributed by atoms with E-state index in [1.165, 1.54) is 18.2 Å². The Morgan fingerprint density at radius 1 is 1.32 bits per heavy atom. The zero-order valence-electron chi connectivity index (χ0n) is 13.4. The molecule has 1 atom stereocenters. The molecule has 1 aromatic heterocycles. The van der Waals surface area contributed by atoms with Crippen LogP contribution in [0.15, 0.2) is 22.5 Å². The van der Waals surface area contributed by atoms with Crippen LogP contribution >= 0.6 is 34.5 Å². The number of carbonyl (C=O) groups is 1. The van der Waals surface area contributed by atoms with Crippen molar-refractivity contribution in [3.05, 3.63) is 33.8 Å². The second-order valence-electron chi connectivity index (χ2n) is 5.26. The molecule has 2 rings (SSSR count). The molecule has 11 heteroatoms. The highest BCUT2D eigenvalue weighted by molar-refractivity contribution is 7.91. The van der Waals surface area contributed by atoms with Crippen LogP contribution in [0.25, 0.3) is 0 Å². The molecule has 25 heavy (non-hydrogen) atoms. The normalized spacial score (nSPS) is 12.8. The highest BCUT2D eigenvalue weighted by atomic mass is 35.5. The third-order valence-corrected chi connectivity index (χ3v) is 6.45. The first-order chi connectivity index (χ1) is 11.7. The van der Waals surface area contributed by atoms with Gasteiger partial charge in [0.1, 0.15) is 0 Å². The minimum Gasteiger partial charge on any atom is -0.296 e. The number of benzene rings is 1. The van der Waals surface area contributed by atoms with E-state index >= 15 is 0 Å². The smallest absolute Gasteiger partial charge is 0.270 e. The number of aromatic nitrogens is 2. The number of sulfonamides is 1. The first kappa shape index (κ1) is 20.1. The lowest BCUT2D eigenvalue weighted by Crippen LogP contribution is -2.32. The van der Waals surface area contributed by atoms with Gasteiger partial charge in [0.05, 0.1) is 10.6 Å². The third-order valence-electron chi connectivity index (χ3n) is 3.11. The zero-order chi connectivity index (χ0) is 18.6. The largest absolute Gasteiger partial charge is 0.296 e. The molecule has 0 radical (unpaired) electrons. The van der Waals surface area contributed by atoms with Crippen LogP contribution in [0, 0.1) is 0 Å². The fourth-order valence-corrected chi connectivity index (χ4v) is 4.70. The number of amides is 1. The van der Waals surface area contributed by atoms with Crippen LogP contribution in [0.5, 0.6) is 0 Å². The summed E-state index contributed by atoms with van der Waals surface area (Å²) in [6.07, 6.45) is 1.56. The number of nitrogens with zero attached hydrogens (tertiary/aromatic N) is 2. The van der Waals surface area contributed by atoms with Crippen LogP contribution in [-0.4, -0.2) is 30.6 Å². The van der Waals surface area contributed by atoms with Gasteiger partial charge in [0.25, 0.3) is 15.9 Å². The predicted octanol–water partition coefficient (Wildman–Crippen LogP) is 3.56. The summed E-state index contributed by atoms with van der Waals surface area (Å²) in [4.78, 5) is 12.2. The van der Waals surface area contributed by atoms with Gasteiger partial charge in [0.15, 0.2) is 0 Å². The summed E-state index contributed by atoms with van der Waals surface area (Å²) < 4.78 is 26.8. The molecule has 2 N–H and O–H groups in total. The van der Waals surface area contributed by atoms with E-state index in [0.29, 0.717) is 11.4 Å². The molecule has 136 valence electrons. The minimum atomic E-state index is -3.77. The minimum absolute atomic E-state index is 0.0551. The molecule has 0 fully saturated rings. The maximum atomic E-state index is 12.2. The average molecular weight is 423 g/mol. The number of halogens is 2. The molecular formula is C14H16Cl2N4O3S2. The van der Waals surface area contributed by atoms with E-state index in [1.54, 1.807) is 6.92 Å². The van der Waals surface area contributed by atoms with Crippen LogP contribution < -0.4 is 10.0 Å². The van der Waals surface area contributed by atoms with Gasteiger partial charge >= 0.3 is 0 Å². The van der Waals surface area contributed by atoms with E-state index in [0.717, 1.165) is 17.8 Å². The quantitative estimate of drug-likeness (QED) is 0.664. The van der Waals surface area contributed by atoms with Gasteiger partial charge in [-0.3, -0.25) is 10.1 Å². The van der Waals surface area contributed by atoms with Gasteiger partial charge in [0, 0.05) is 11.1 Å². The maximum Gasteiger partial charge on any atom is 0.270 e. The molecule has 0 saturated heterocycles. The van der Waals surface area contributed by atoms with Crippen molar-refractivity contribution in [2.24, 2.45) is 0 Å². The summed E-state index contributed by atoms with van der Waals surface area (Å²) in [5.74, 6) is -0.533. The van der Waals surface area contributed by atoms with Crippen molar-refractivity contribution in [1.82, 2.24) is 14.9 Å². The monoisotopic (exact) mass is 422 g/mol. The van der Waals surface area contributed by atoms with Gasteiger partial charge in [-0.15, -0.1) is 10.2 Å². The fourth-order valence-electron chi connectivity index (χ4n) is 2.01. The Morgan fingerprint density at radius 3 is 2.68 bits per heavy atom. The van der Waals surface area contributed by atoms with Gasteiger partial charge < -0.3 is 0 Å². The van der Waals surface area contributed by atoms with Crippen molar-refractivity contribution in [2.75, 3.05) is 5.32 Å². The molecule has 7 nitrogen and oxygen atoms in total. The van der Waals surface area contributed by atoms with Crippen LogP contribution in [0.4, 0.5) is 5.13 Å². The van der Waals surface area contributed by atoms with E-state index in [1.807, 2.05) is 6.92 Å². The molecule has 0 aliphatic rings. The van der Waals surface area contributed by atoms with E-state index in [4.69, 9.17) is 23.2 Å². The van der Waals surface area contributed by atoms with Crippen molar-refractivity contribution >= 4 is 55.6 Å². The SMILES string of the molecule is CCC[C@H](C)NS(=O)(=O)c1nnc(NC(=O)c2ccc(Cl)cc2Cl)s1. The van der Waals surface area contributed by atoms with Crippen molar-refractivity contribution in [1.29, 1.82) is 0 Å². The summed E-state index contributed by atoms with van der Waals surface area (Å²) in [5, 5.41) is 10.4. The van der Waals surface area contributed by atoms with Gasteiger partial charge in [-0.25, -0.2) is 13.1 Å². The Hall–Kier alpha value is -1.26. The number of anilines is 1. The zero-order valence-corrected chi connectivity index (χ0v) is 16.6. The summed E-state index contributed by atoms with van der Waals surface area (Å²) >= 11 is 12.5. The number of carbonyl (C=O) groups excluding carboxylic acids is 1. The van der Waals surface area contributed by atoms with Gasteiger partial charge in [-0.05, 0) is 31.5 Å². The standard InChI is InChI=1S/C14H16Cl2N4O3S2/c1-3-4-8(2)20-25(22,23)14-19-18-13(24-14)17-12(21)10-6-5-9(15)7-11(10)16/h5-8,20H,3-4H2,1-2H3,(H,17,18,21)/t8-/m0/s1. The van der Waals surface area contributed by atoms with Gasteiger partial charge in [-0.1, -0.05) is 47.9 Å². The Balaban J connectivity index is 2.12. The van der Waals surface area contributed by atoms with Crippen molar-refractivity contribution in [3.63, 3.8) is 0 Å². The molecule has 1 aromatic carbocycles. The number of rotatable bonds is 7. The number of hydrogen-bond acceptors (Lipinski definition) is 6. The molecule has 0 saturated carbocycles. The average Bonchev–Trinajstić information content (AvgIpc) is 2.96. The molecule has 0 aliphatic heterocycles. The first-order valence-electron chi connectivity index (χ1n) is 7.35. The Kier molecular flexibility index (Phi) is 6.75. The van der Waals surface area contributed by atoms with Crippen LogP contribution in [-0.2, 0) is 10.0 Å². The summed E-state index contributed by atoms with van der Waals surface area (Å²) in [6.45, 7) is 3.73. The third kappa shape index (κ3) is 5.35. The highest BCUT2D eigenvalue weighted by Gasteiger charge is 2.23. The lowest BCUT2D eigenvalue weighted by molar-refractivity contribution is 0.102. The van der Waals surface area contributed by atoms with E-state index in [9.17, 15) is 13.2 Å². The van der Waals surface area contributed by atoms with E-state index < -0.39 is 15.9 Å². The molecule has 0 bridgehead atoms. The van der Waals surface area contributed by atoms with E-state index in [2.05, 4.69) is 20.2 Å². The van der Waals surface area contributed by atoms with Crippen LogP contribution in [0.1, 0.15) is 37.0 Å². The topological polar surface area (TPSA) is 101 Å². The lowest BCUT2D eigenvalue weighted by atomic mass is 10.2. The molecule has 2 aromatic rings. The number of hydrogen-bond donors (Lipinski definition) is 2. The summed E-state index contributed by atoms with van der Waals surface area (Å²) in [5.41, 5.74) is 0.195. The first-order valence-corrected chi connectivity index (χ1v) is 10.4. The fraction of sp³-hybridized carbons (Fsp3) is 0.357. The van der Waals surface area contributed by atoms with Gasteiger partial charge in [0.2, 0.25) is 9.47 Å². The number of nitrogens with one attached hydrogen (secondary N) is 2. The molecule has 0 aliphatic carbocycles. The second-order valence-corrected chi connectivity index (χ2v) is 8.97. The maximum absolute atomic E-state index is 12.2. The molecule has 0 spiro atoms. The molecule has 1 amide bonds.